The van der Waals surface area contributed by atoms with Crippen molar-refractivity contribution in [3.63, 3.8) is 0 Å². The van der Waals surface area contributed by atoms with Crippen molar-refractivity contribution >= 4 is 16.8 Å². The van der Waals surface area contributed by atoms with E-state index in [2.05, 4.69) is 64.1 Å². The normalized spacial score (nSPS) is 15.6. The van der Waals surface area contributed by atoms with Gasteiger partial charge in [-0.15, -0.1) is 0 Å². The van der Waals surface area contributed by atoms with Crippen molar-refractivity contribution < 1.29 is 9.53 Å². The van der Waals surface area contributed by atoms with E-state index in [-0.39, 0.29) is 12.1 Å². The Morgan fingerprint density at radius 3 is 2.47 bits per heavy atom. The summed E-state index contributed by atoms with van der Waals surface area (Å²) < 4.78 is 5.44. The van der Waals surface area contributed by atoms with E-state index in [1.165, 1.54) is 16.3 Å². The highest BCUT2D eigenvalue weighted by Crippen LogP contribution is 2.20. The molecule has 0 aromatic heterocycles. The minimum absolute atomic E-state index is 0.0711. The van der Waals surface area contributed by atoms with E-state index in [4.69, 9.17) is 4.74 Å². The number of nitrogens with zero attached hydrogens (tertiary/aromatic N) is 1. The molecule has 2 N–H and O–H groups in total. The molecular weight excluding hydrogens is 374 g/mol. The summed E-state index contributed by atoms with van der Waals surface area (Å²) in [5, 5.41) is 8.46. The van der Waals surface area contributed by atoms with Crippen molar-refractivity contribution in [3.8, 4) is 0 Å². The van der Waals surface area contributed by atoms with Crippen LogP contribution in [-0.2, 0) is 17.8 Å². The number of hydrogen-bond acceptors (Lipinski definition) is 3. The number of fused-ring (bicyclic) bond motifs is 1. The molecule has 2 amide bonds. The van der Waals surface area contributed by atoms with E-state index in [9.17, 15) is 4.79 Å². The molecule has 0 spiro atoms. The van der Waals surface area contributed by atoms with Crippen LogP contribution < -0.4 is 10.6 Å². The van der Waals surface area contributed by atoms with Gasteiger partial charge < -0.3 is 15.4 Å². The second-order valence-electron chi connectivity index (χ2n) is 7.81. The lowest BCUT2D eigenvalue weighted by Crippen LogP contribution is -2.37. The van der Waals surface area contributed by atoms with Crippen LogP contribution in [0.4, 0.5) is 4.79 Å². The molecule has 1 fully saturated rings. The van der Waals surface area contributed by atoms with Crippen LogP contribution in [0.2, 0.25) is 0 Å². The van der Waals surface area contributed by atoms with Gasteiger partial charge in [-0.25, -0.2) is 4.79 Å². The molecule has 1 aliphatic heterocycles. The Hall–Kier alpha value is -2.89. The zero-order valence-electron chi connectivity index (χ0n) is 17.4. The minimum atomic E-state index is -0.156. The van der Waals surface area contributed by atoms with Gasteiger partial charge in [0.15, 0.2) is 0 Å². The summed E-state index contributed by atoms with van der Waals surface area (Å²) in [4.78, 5) is 14.9. The SMILES string of the molecule is CC(NC(=O)NCc1ccccc1CN1CCOCC1)c1ccc2ccccc2c1. The molecular formula is C25H29N3O2. The Kier molecular flexibility index (Phi) is 6.62. The van der Waals surface area contributed by atoms with E-state index < -0.39 is 0 Å². The van der Waals surface area contributed by atoms with E-state index in [1.54, 1.807) is 0 Å². The predicted octanol–water partition coefficient (Wildman–Crippen LogP) is 4.23. The largest absolute Gasteiger partial charge is 0.379 e. The predicted molar refractivity (Wildman–Crippen MR) is 120 cm³/mol. The van der Waals surface area contributed by atoms with Crippen LogP contribution in [0.15, 0.2) is 66.7 Å². The Morgan fingerprint density at radius 2 is 1.67 bits per heavy atom. The first-order valence-electron chi connectivity index (χ1n) is 10.6. The second-order valence-corrected chi connectivity index (χ2v) is 7.81. The molecule has 0 radical (unpaired) electrons. The van der Waals surface area contributed by atoms with Gasteiger partial charge in [-0.05, 0) is 40.5 Å². The molecule has 156 valence electrons. The van der Waals surface area contributed by atoms with Gasteiger partial charge >= 0.3 is 6.03 Å². The highest BCUT2D eigenvalue weighted by molar-refractivity contribution is 5.83. The minimum Gasteiger partial charge on any atom is -0.379 e. The molecule has 1 heterocycles. The maximum absolute atomic E-state index is 12.5. The quantitative estimate of drug-likeness (QED) is 0.648. The smallest absolute Gasteiger partial charge is 0.315 e. The van der Waals surface area contributed by atoms with Crippen molar-refractivity contribution in [2.24, 2.45) is 0 Å². The van der Waals surface area contributed by atoms with Crippen molar-refractivity contribution in [1.82, 2.24) is 15.5 Å². The van der Waals surface area contributed by atoms with E-state index in [0.717, 1.165) is 44.0 Å². The molecule has 1 aliphatic rings. The number of hydrogen-bond donors (Lipinski definition) is 2. The van der Waals surface area contributed by atoms with Crippen LogP contribution in [0.3, 0.4) is 0 Å². The van der Waals surface area contributed by atoms with Gasteiger partial charge in [0, 0.05) is 26.2 Å². The van der Waals surface area contributed by atoms with Crippen molar-refractivity contribution in [3.05, 3.63) is 83.4 Å². The van der Waals surface area contributed by atoms with Crippen LogP contribution >= 0.6 is 0 Å². The number of amides is 2. The van der Waals surface area contributed by atoms with Gasteiger partial charge in [0.05, 0.1) is 19.3 Å². The van der Waals surface area contributed by atoms with Gasteiger partial charge in [0.25, 0.3) is 0 Å². The number of carbonyl (C=O) groups excluding carboxylic acids is 1. The standard InChI is InChI=1S/C25H29N3O2/c1-19(21-11-10-20-6-2-3-7-22(20)16-21)27-25(29)26-17-23-8-4-5-9-24(23)18-28-12-14-30-15-13-28/h2-11,16,19H,12-15,17-18H2,1H3,(H2,26,27,29). The molecule has 1 unspecified atom stereocenters. The summed E-state index contributed by atoms with van der Waals surface area (Å²) in [5.41, 5.74) is 3.50. The first kappa shape index (κ1) is 20.4. The summed E-state index contributed by atoms with van der Waals surface area (Å²) in [6.45, 7) is 6.88. The second kappa shape index (κ2) is 9.74. The molecule has 5 nitrogen and oxygen atoms in total. The van der Waals surface area contributed by atoms with Gasteiger partial charge in [-0.1, -0.05) is 60.7 Å². The Morgan fingerprint density at radius 1 is 0.967 bits per heavy atom. The molecule has 1 saturated heterocycles. The molecule has 0 aliphatic carbocycles. The van der Waals surface area contributed by atoms with Gasteiger partial charge in [0.2, 0.25) is 0 Å². The van der Waals surface area contributed by atoms with Crippen LogP contribution in [0.5, 0.6) is 0 Å². The third kappa shape index (κ3) is 5.17. The summed E-state index contributed by atoms with van der Waals surface area (Å²) in [7, 11) is 0. The number of benzene rings is 3. The van der Waals surface area contributed by atoms with Crippen LogP contribution in [0.25, 0.3) is 10.8 Å². The Bertz CT molecular complexity index is 998. The van der Waals surface area contributed by atoms with Crippen molar-refractivity contribution in [2.75, 3.05) is 26.3 Å². The number of urea groups is 1. The van der Waals surface area contributed by atoms with Gasteiger partial charge in [-0.3, -0.25) is 4.90 Å². The number of morpholine rings is 1. The number of nitrogens with one attached hydrogen (secondary N) is 2. The Labute approximate surface area is 178 Å². The van der Waals surface area contributed by atoms with Crippen molar-refractivity contribution in [2.45, 2.75) is 26.1 Å². The summed E-state index contributed by atoms with van der Waals surface area (Å²) in [5.74, 6) is 0. The summed E-state index contributed by atoms with van der Waals surface area (Å²) in [6, 6.07) is 22.6. The van der Waals surface area contributed by atoms with E-state index in [1.807, 2.05) is 25.1 Å². The van der Waals surface area contributed by atoms with Crippen molar-refractivity contribution in [1.29, 1.82) is 0 Å². The fourth-order valence-electron chi connectivity index (χ4n) is 3.87. The molecule has 4 rings (SSSR count). The lowest BCUT2D eigenvalue weighted by Gasteiger charge is -2.27. The first-order valence-corrected chi connectivity index (χ1v) is 10.6. The van der Waals surface area contributed by atoms with E-state index in [0.29, 0.717) is 6.54 Å². The van der Waals surface area contributed by atoms with Crippen LogP contribution in [0, 0.1) is 0 Å². The molecule has 1 atom stereocenters. The molecule has 30 heavy (non-hydrogen) atoms. The molecule has 3 aromatic rings. The first-order chi connectivity index (χ1) is 14.7. The highest BCUT2D eigenvalue weighted by Gasteiger charge is 2.14. The third-order valence-corrected chi connectivity index (χ3v) is 5.68. The maximum atomic E-state index is 12.5. The average Bonchev–Trinajstić information content (AvgIpc) is 2.79. The topological polar surface area (TPSA) is 53.6 Å². The fraction of sp³-hybridized carbons (Fsp3) is 0.320. The van der Waals surface area contributed by atoms with Gasteiger partial charge in [0.1, 0.15) is 0 Å². The zero-order valence-corrected chi connectivity index (χ0v) is 17.4. The van der Waals surface area contributed by atoms with Crippen LogP contribution in [-0.4, -0.2) is 37.2 Å². The summed E-state index contributed by atoms with van der Waals surface area (Å²) in [6.07, 6.45) is 0. The molecule has 0 saturated carbocycles. The third-order valence-electron chi connectivity index (χ3n) is 5.68. The lowest BCUT2D eigenvalue weighted by molar-refractivity contribution is 0.0341. The lowest BCUT2D eigenvalue weighted by atomic mass is 10.0. The number of ether oxygens (including phenoxy) is 1. The average molecular weight is 404 g/mol. The van der Waals surface area contributed by atoms with Crippen LogP contribution in [0.1, 0.15) is 29.7 Å². The van der Waals surface area contributed by atoms with Gasteiger partial charge in [-0.2, -0.15) is 0 Å². The number of carbonyl (C=O) groups is 1. The Balaban J connectivity index is 1.34. The fourth-order valence-corrected chi connectivity index (χ4v) is 3.87. The molecule has 3 aromatic carbocycles. The highest BCUT2D eigenvalue weighted by atomic mass is 16.5. The monoisotopic (exact) mass is 403 g/mol. The zero-order chi connectivity index (χ0) is 20.8. The van der Waals surface area contributed by atoms with E-state index >= 15 is 0 Å². The maximum Gasteiger partial charge on any atom is 0.315 e. The summed E-state index contributed by atoms with van der Waals surface area (Å²) >= 11 is 0. The number of rotatable bonds is 6. The molecule has 5 heteroatoms. The molecule has 0 bridgehead atoms.